The van der Waals surface area contributed by atoms with E-state index in [2.05, 4.69) is 38.4 Å². The van der Waals surface area contributed by atoms with Crippen molar-refractivity contribution < 1.29 is 0 Å². The van der Waals surface area contributed by atoms with E-state index in [4.69, 9.17) is 0 Å². The molecule has 2 rings (SSSR count). The number of hydrogen-bond acceptors (Lipinski definition) is 3. The zero-order valence-corrected chi connectivity index (χ0v) is 10.6. The van der Waals surface area contributed by atoms with E-state index in [1.165, 1.54) is 5.69 Å². The minimum absolute atomic E-state index is 0.822. The van der Waals surface area contributed by atoms with Gasteiger partial charge in [0, 0.05) is 31.2 Å². The van der Waals surface area contributed by atoms with Crippen LogP contribution in [0.5, 0.6) is 0 Å². The van der Waals surface area contributed by atoms with Crippen molar-refractivity contribution in [2.24, 2.45) is 0 Å². The first-order valence-electron chi connectivity index (χ1n) is 5.87. The second kappa shape index (κ2) is 5.14. The van der Waals surface area contributed by atoms with Gasteiger partial charge in [-0.2, -0.15) is 0 Å². The normalized spacial score (nSPS) is 11.3. The summed E-state index contributed by atoms with van der Waals surface area (Å²) in [5.74, 6) is 1.01. The van der Waals surface area contributed by atoms with Crippen LogP contribution in [0.2, 0.25) is 0 Å². The molecule has 0 spiro atoms. The lowest BCUT2D eigenvalue weighted by atomic mass is 10.4. The van der Waals surface area contributed by atoms with Crippen molar-refractivity contribution in [1.29, 1.82) is 0 Å². The largest absolute Gasteiger partial charge is 0.345 e. The molecular weight excluding hydrogens is 214 g/mol. The molecule has 0 aliphatic carbocycles. The lowest BCUT2D eigenvalue weighted by Crippen LogP contribution is -2.19. The van der Waals surface area contributed by atoms with Gasteiger partial charge in [-0.1, -0.05) is 0 Å². The predicted octanol–water partition coefficient (Wildman–Crippen LogP) is 1.57. The molecule has 1 N–H and O–H groups in total. The highest BCUT2D eigenvalue weighted by Gasteiger charge is 2.07. The zero-order chi connectivity index (χ0) is 12.3. The number of nitrogens with zero attached hydrogens (tertiary/aromatic N) is 4. The Kier molecular flexibility index (Phi) is 3.58. The van der Waals surface area contributed by atoms with Gasteiger partial charge in [-0.3, -0.25) is 4.90 Å². The second-order valence-corrected chi connectivity index (χ2v) is 4.36. The number of aryl methyl sites for hydroxylation is 2. The molecule has 5 nitrogen and oxygen atoms in total. The monoisotopic (exact) mass is 233 g/mol. The van der Waals surface area contributed by atoms with E-state index in [0.29, 0.717) is 0 Å². The molecule has 0 unspecified atom stereocenters. The van der Waals surface area contributed by atoms with Crippen molar-refractivity contribution in [3.8, 4) is 0 Å². The molecule has 2 heterocycles. The summed E-state index contributed by atoms with van der Waals surface area (Å²) in [4.78, 5) is 13.9. The molecule has 0 aliphatic rings. The average Bonchev–Trinajstić information content (AvgIpc) is 2.87. The van der Waals surface area contributed by atoms with E-state index in [9.17, 15) is 0 Å². The van der Waals surface area contributed by atoms with Crippen molar-refractivity contribution >= 4 is 0 Å². The average molecular weight is 233 g/mol. The van der Waals surface area contributed by atoms with Crippen molar-refractivity contribution in [2.75, 3.05) is 7.05 Å². The van der Waals surface area contributed by atoms with Gasteiger partial charge in [-0.25, -0.2) is 9.97 Å². The van der Waals surface area contributed by atoms with Crippen LogP contribution in [-0.2, 0) is 19.6 Å². The van der Waals surface area contributed by atoms with Gasteiger partial charge in [0.05, 0.1) is 18.6 Å². The molecule has 0 aromatic carbocycles. The third-order valence-corrected chi connectivity index (χ3v) is 2.75. The Bertz CT molecular complexity index is 471. The first-order valence-corrected chi connectivity index (χ1v) is 5.87. The van der Waals surface area contributed by atoms with Crippen LogP contribution in [0.25, 0.3) is 0 Å². The topological polar surface area (TPSA) is 49.7 Å². The van der Waals surface area contributed by atoms with Crippen molar-refractivity contribution in [3.05, 3.63) is 35.9 Å². The standard InChI is InChI=1S/C12H19N5/c1-4-17-9-13-6-11(17)7-16(3)8-12-14-5-10(2)15-12/h5-6,9H,4,7-8H2,1-3H3,(H,14,15). The summed E-state index contributed by atoms with van der Waals surface area (Å²) < 4.78 is 2.16. The summed E-state index contributed by atoms with van der Waals surface area (Å²) in [5.41, 5.74) is 2.34. The molecular formula is C12H19N5. The van der Waals surface area contributed by atoms with Crippen LogP contribution in [0.15, 0.2) is 18.7 Å². The number of rotatable bonds is 5. The molecule has 2 aromatic heterocycles. The van der Waals surface area contributed by atoms with Gasteiger partial charge in [0.15, 0.2) is 0 Å². The fraction of sp³-hybridized carbons (Fsp3) is 0.500. The van der Waals surface area contributed by atoms with Gasteiger partial charge in [-0.15, -0.1) is 0 Å². The SMILES string of the molecule is CCn1cncc1CN(C)Cc1ncc(C)[nH]1. The molecule has 92 valence electrons. The van der Waals surface area contributed by atoms with Gasteiger partial charge in [0.25, 0.3) is 0 Å². The summed E-state index contributed by atoms with van der Waals surface area (Å²) in [5, 5.41) is 0. The third kappa shape index (κ3) is 2.94. The minimum Gasteiger partial charge on any atom is -0.345 e. The fourth-order valence-electron chi connectivity index (χ4n) is 1.90. The van der Waals surface area contributed by atoms with Crippen LogP contribution in [0.1, 0.15) is 24.1 Å². The molecule has 17 heavy (non-hydrogen) atoms. The van der Waals surface area contributed by atoms with Gasteiger partial charge in [0.2, 0.25) is 0 Å². The Morgan fingerprint density at radius 1 is 1.35 bits per heavy atom. The number of imidazole rings is 2. The number of H-pyrrole nitrogens is 1. The Morgan fingerprint density at radius 3 is 2.82 bits per heavy atom. The van der Waals surface area contributed by atoms with E-state index >= 15 is 0 Å². The van der Waals surface area contributed by atoms with Crippen molar-refractivity contribution in [1.82, 2.24) is 24.4 Å². The maximum absolute atomic E-state index is 4.31. The quantitative estimate of drug-likeness (QED) is 0.852. The lowest BCUT2D eigenvalue weighted by molar-refractivity contribution is 0.303. The summed E-state index contributed by atoms with van der Waals surface area (Å²) in [6.45, 7) is 6.81. The predicted molar refractivity (Wildman–Crippen MR) is 66.4 cm³/mol. The lowest BCUT2D eigenvalue weighted by Gasteiger charge is -2.15. The molecule has 0 saturated heterocycles. The van der Waals surface area contributed by atoms with E-state index in [1.807, 2.05) is 25.6 Å². The van der Waals surface area contributed by atoms with Gasteiger partial charge in [0.1, 0.15) is 5.82 Å². The molecule has 5 heteroatoms. The maximum atomic E-state index is 4.31. The van der Waals surface area contributed by atoms with Crippen LogP contribution in [0, 0.1) is 6.92 Å². The van der Waals surface area contributed by atoms with Crippen LogP contribution < -0.4 is 0 Å². The van der Waals surface area contributed by atoms with Gasteiger partial charge >= 0.3 is 0 Å². The van der Waals surface area contributed by atoms with Crippen LogP contribution in [0.4, 0.5) is 0 Å². The summed E-state index contributed by atoms with van der Waals surface area (Å²) >= 11 is 0. The Hall–Kier alpha value is -1.62. The number of aromatic nitrogens is 4. The van der Waals surface area contributed by atoms with Crippen molar-refractivity contribution in [2.45, 2.75) is 33.5 Å². The van der Waals surface area contributed by atoms with E-state index in [-0.39, 0.29) is 0 Å². The molecule has 0 bridgehead atoms. The zero-order valence-electron chi connectivity index (χ0n) is 10.6. The molecule has 0 aliphatic heterocycles. The van der Waals surface area contributed by atoms with Crippen LogP contribution in [-0.4, -0.2) is 31.5 Å². The molecule has 0 atom stereocenters. The smallest absolute Gasteiger partial charge is 0.120 e. The molecule has 2 aromatic rings. The second-order valence-electron chi connectivity index (χ2n) is 4.36. The minimum atomic E-state index is 0.822. The Balaban J connectivity index is 1.95. The first-order chi connectivity index (χ1) is 8.19. The van der Waals surface area contributed by atoms with Crippen LogP contribution in [0.3, 0.4) is 0 Å². The van der Waals surface area contributed by atoms with Gasteiger partial charge in [-0.05, 0) is 20.9 Å². The Morgan fingerprint density at radius 2 is 2.18 bits per heavy atom. The van der Waals surface area contributed by atoms with Crippen molar-refractivity contribution in [3.63, 3.8) is 0 Å². The van der Waals surface area contributed by atoms with E-state index in [0.717, 1.165) is 31.2 Å². The highest BCUT2D eigenvalue weighted by atomic mass is 15.2. The number of aromatic amines is 1. The molecule has 0 fully saturated rings. The van der Waals surface area contributed by atoms with E-state index in [1.54, 1.807) is 0 Å². The highest BCUT2D eigenvalue weighted by molar-refractivity contribution is 5.00. The number of hydrogen-bond donors (Lipinski definition) is 1. The molecule has 0 amide bonds. The van der Waals surface area contributed by atoms with Gasteiger partial charge < -0.3 is 9.55 Å². The first kappa shape index (κ1) is 11.9. The highest BCUT2D eigenvalue weighted by Crippen LogP contribution is 2.06. The van der Waals surface area contributed by atoms with E-state index < -0.39 is 0 Å². The number of nitrogens with one attached hydrogen (secondary N) is 1. The molecule has 0 saturated carbocycles. The third-order valence-electron chi connectivity index (χ3n) is 2.75. The maximum Gasteiger partial charge on any atom is 0.120 e. The summed E-state index contributed by atoms with van der Waals surface area (Å²) in [6, 6.07) is 0. The molecule has 0 radical (unpaired) electrons. The van der Waals surface area contributed by atoms with Crippen LogP contribution >= 0.6 is 0 Å². The summed E-state index contributed by atoms with van der Waals surface area (Å²) in [6.07, 6.45) is 5.66. The summed E-state index contributed by atoms with van der Waals surface area (Å²) in [7, 11) is 2.09. The fourth-order valence-corrected chi connectivity index (χ4v) is 1.90. The Labute approximate surface area is 102 Å².